The molecule has 1 N–H and O–H groups in total. The fraction of sp³-hybridized carbons (Fsp3) is 0.235. The van der Waals surface area contributed by atoms with Crippen LogP contribution in [0.1, 0.15) is 30.9 Å². The van der Waals surface area contributed by atoms with Gasteiger partial charge in [0.2, 0.25) is 5.56 Å². The zero-order chi connectivity index (χ0) is 15.1. The SMILES string of the molecule is Cc1cc(=O)[nH]c2c1ccn2-c1ccc(C(C)C)cc1Br. The predicted octanol–water partition coefficient (Wildman–Crippen LogP) is 4.51. The first-order valence-electron chi connectivity index (χ1n) is 6.98. The smallest absolute Gasteiger partial charge is 0.249 e. The van der Waals surface area contributed by atoms with Gasteiger partial charge in [-0.25, -0.2) is 0 Å². The zero-order valence-corrected chi connectivity index (χ0v) is 13.9. The predicted molar refractivity (Wildman–Crippen MR) is 90.4 cm³/mol. The number of nitrogens with zero attached hydrogens (tertiary/aromatic N) is 1. The summed E-state index contributed by atoms with van der Waals surface area (Å²) in [5.74, 6) is 0.485. The van der Waals surface area contributed by atoms with Gasteiger partial charge in [0.1, 0.15) is 5.65 Å². The lowest BCUT2D eigenvalue weighted by Gasteiger charge is -2.12. The van der Waals surface area contributed by atoms with E-state index in [-0.39, 0.29) is 5.56 Å². The Morgan fingerprint density at radius 3 is 2.62 bits per heavy atom. The number of hydrogen-bond acceptors (Lipinski definition) is 1. The number of halogens is 1. The molecule has 0 aliphatic rings. The topological polar surface area (TPSA) is 37.8 Å². The molecule has 0 saturated carbocycles. The standard InChI is InChI=1S/C17H17BrN2O/c1-10(2)12-4-5-15(14(18)9-12)20-7-6-13-11(3)8-16(21)19-17(13)20/h4-10H,1-3H3,(H,19,21). The quantitative estimate of drug-likeness (QED) is 0.729. The number of aryl methyl sites for hydroxylation is 1. The Labute approximate surface area is 131 Å². The number of aromatic nitrogens is 2. The van der Waals surface area contributed by atoms with E-state index >= 15 is 0 Å². The van der Waals surface area contributed by atoms with Gasteiger partial charge in [0, 0.05) is 22.1 Å². The summed E-state index contributed by atoms with van der Waals surface area (Å²) in [6, 6.07) is 10.0. The number of hydrogen-bond donors (Lipinski definition) is 1. The van der Waals surface area contributed by atoms with Gasteiger partial charge in [0.15, 0.2) is 0 Å². The number of rotatable bonds is 2. The van der Waals surface area contributed by atoms with E-state index in [1.54, 1.807) is 6.07 Å². The Balaban J connectivity index is 2.24. The molecular formula is C17H17BrN2O. The molecule has 0 atom stereocenters. The molecule has 21 heavy (non-hydrogen) atoms. The third kappa shape index (κ3) is 2.44. The maximum atomic E-state index is 11.7. The monoisotopic (exact) mass is 344 g/mol. The van der Waals surface area contributed by atoms with Gasteiger partial charge in [-0.05, 0) is 58.1 Å². The van der Waals surface area contributed by atoms with E-state index in [2.05, 4.69) is 53.0 Å². The minimum Gasteiger partial charge on any atom is -0.308 e. The van der Waals surface area contributed by atoms with Crippen LogP contribution in [0.3, 0.4) is 0 Å². The summed E-state index contributed by atoms with van der Waals surface area (Å²) in [4.78, 5) is 14.7. The van der Waals surface area contributed by atoms with E-state index in [4.69, 9.17) is 0 Å². The Hall–Kier alpha value is -1.81. The van der Waals surface area contributed by atoms with Crippen LogP contribution in [0.5, 0.6) is 0 Å². The van der Waals surface area contributed by atoms with E-state index in [0.717, 1.165) is 26.8 Å². The molecule has 1 aromatic carbocycles. The van der Waals surface area contributed by atoms with Crippen molar-refractivity contribution >= 4 is 27.0 Å². The largest absolute Gasteiger partial charge is 0.308 e. The normalized spacial score (nSPS) is 11.5. The average molecular weight is 345 g/mol. The highest BCUT2D eigenvalue weighted by molar-refractivity contribution is 9.10. The maximum absolute atomic E-state index is 11.7. The minimum absolute atomic E-state index is 0.0742. The molecule has 0 spiro atoms. The van der Waals surface area contributed by atoms with Crippen LogP contribution >= 0.6 is 15.9 Å². The highest BCUT2D eigenvalue weighted by atomic mass is 79.9. The fourth-order valence-corrected chi connectivity index (χ4v) is 3.17. The van der Waals surface area contributed by atoms with Crippen LogP contribution < -0.4 is 5.56 Å². The van der Waals surface area contributed by atoms with E-state index in [0.29, 0.717) is 5.92 Å². The van der Waals surface area contributed by atoms with Crippen LogP contribution in [-0.2, 0) is 0 Å². The van der Waals surface area contributed by atoms with Crippen LogP contribution in [0, 0.1) is 6.92 Å². The Bertz CT molecular complexity index is 874. The van der Waals surface area contributed by atoms with Crippen LogP contribution in [0.2, 0.25) is 0 Å². The molecule has 0 aliphatic carbocycles. The number of H-pyrrole nitrogens is 1. The van der Waals surface area contributed by atoms with Gasteiger partial charge in [-0.1, -0.05) is 19.9 Å². The van der Waals surface area contributed by atoms with Crippen LogP contribution in [0.15, 0.2) is 45.8 Å². The first kappa shape index (κ1) is 14.1. The molecule has 0 bridgehead atoms. The number of aromatic amines is 1. The highest BCUT2D eigenvalue weighted by Gasteiger charge is 2.10. The molecule has 4 heteroatoms. The molecule has 2 aromatic heterocycles. The molecule has 3 nitrogen and oxygen atoms in total. The Morgan fingerprint density at radius 2 is 1.95 bits per heavy atom. The van der Waals surface area contributed by atoms with Crippen molar-refractivity contribution in [3.05, 3.63) is 62.5 Å². The van der Waals surface area contributed by atoms with Gasteiger partial charge >= 0.3 is 0 Å². The van der Waals surface area contributed by atoms with Gasteiger partial charge < -0.3 is 9.55 Å². The number of fused-ring (bicyclic) bond motifs is 1. The summed E-state index contributed by atoms with van der Waals surface area (Å²) in [6.45, 7) is 6.31. The van der Waals surface area contributed by atoms with Gasteiger partial charge in [-0.3, -0.25) is 4.79 Å². The van der Waals surface area contributed by atoms with Crippen LogP contribution in [0.4, 0.5) is 0 Å². The van der Waals surface area contributed by atoms with Crippen molar-refractivity contribution in [2.45, 2.75) is 26.7 Å². The van der Waals surface area contributed by atoms with E-state index in [1.165, 1.54) is 5.56 Å². The molecular weight excluding hydrogens is 328 g/mol. The molecule has 0 aliphatic heterocycles. The van der Waals surface area contributed by atoms with Crippen molar-refractivity contribution < 1.29 is 0 Å². The summed E-state index contributed by atoms with van der Waals surface area (Å²) in [5, 5.41) is 1.06. The third-order valence-corrected chi connectivity index (χ3v) is 4.43. The second-order valence-corrected chi connectivity index (χ2v) is 6.48. The molecule has 0 radical (unpaired) electrons. The third-order valence-electron chi connectivity index (χ3n) is 3.80. The van der Waals surface area contributed by atoms with E-state index < -0.39 is 0 Å². The van der Waals surface area contributed by atoms with Gasteiger partial charge in [-0.2, -0.15) is 0 Å². The maximum Gasteiger partial charge on any atom is 0.249 e. The van der Waals surface area contributed by atoms with Crippen molar-refractivity contribution in [2.24, 2.45) is 0 Å². The lowest BCUT2D eigenvalue weighted by atomic mass is 10.0. The first-order valence-corrected chi connectivity index (χ1v) is 7.77. The molecule has 3 aromatic rings. The van der Waals surface area contributed by atoms with Crippen molar-refractivity contribution in [1.82, 2.24) is 9.55 Å². The van der Waals surface area contributed by atoms with Crippen LogP contribution in [0.25, 0.3) is 16.7 Å². The van der Waals surface area contributed by atoms with Crippen molar-refractivity contribution in [3.63, 3.8) is 0 Å². The first-order chi connectivity index (χ1) is 9.97. The van der Waals surface area contributed by atoms with Crippen LogP contribution in [-0.4, -0.2) is 9.55 Å². The van der Waals surface area contributed by atoms with Gasteiger partial charge in [0.05, 0.1) is 5.69 Å². The molecule has 0 unspecified atom stereocenters. The average Bonchev–Trinajstić information content (AvgIpc) is 2.82. The molecule has 0 amide bonds. The van der Waals surface area contributed by atoms with Crippen molar-refractivity contribution in [1.29, 1.82) is 0 Å². The molecule has 0 fully saturated rings. The van der Waals surface area contributed by atoms with Gasteiger partial charge in [0.25, 0.3) is 0 Å². The molecule has 0 saturated heterocycles. The summed E-state index contributed by atoms with van der Waals surface area (Å²) in [6.07, 6.45) is 1.99. The number of benzene rings is 1. The van der Waals surface area contributed by atoms with Gasteiger partial charge in [-0.15, -0.1) is 0 Å². The highest BCUT2D eigenvalue weighted by Crippen LogP contribution is 2.29. The summed E-state index contributed by atoms with van der Waals surface area (Å²) >= 11 is 3.65. The molecule has 108 valence electrons. The minimum atomic E-state index is -0.0742. The lowest BCUT2D eigenvalue weighted by molar-refractivity contribution is 0.864. The Kier molecular flexibility index (Phi) is 3.49. The second kappa shape index (κ2) is 5.19. The molecule has 3 rings (SSSR count). The second-order valence-electron chi connectivity index (χ2n) is 5.63. The number of pyridine rings is 1. The summed E-state index contributed by atoms with van der Waals surface area (Å²) in [7, 11) is 0. The van der Waals surface area contributed by atoms with Crippen molar-refractivity contribution in [3.8, 4) is 5.69 Å². The summed E-state index contributed by atoms with van der Waals surface area (Å²) in [5.41, 5.74) is 4.05. The van der Waals surface area contributed by atoms with E-state index in [1.807, 2.05) is 23.8 Å². The number of nitrogens with one attached hydrogen (secondary N) is 1. The lowest BCUT2D eigenvalue weighted by Crippen LogP contribution is -2.07. The summed E-state index contributed by atoms with van der Waals surface area (Å²) < 4.78 is 3.03. The van der Waals surface area contributed by atoms with E-state index in [9.17, 15) is 4.79 Å². The Morgan fingerprint density at radius 1 is 1.19 bits per heavy atom. The molecule has 2 heterocycles. The van der Waals surface area contributed by atoms with Crippen molar-refractivity contribution in [2.75, 3.05) is 0 Å². The zero-order valence-electron chi connectivity index (χ0n) is 12.3. The fourth-order valence-electron chi connectivity index (χ4n) is 2.58.